The van der Waals surface area contributed by atoms with Gasteiger partial charge in [0.1, 0.15) is 6.54 Å². The van der Waals surface area contributed by atoms with E-state index in [4.69, 9.17) is 4.74 Å². The quantitative estimate of drug-likeness (QED) is 0.678. The number of carbonyl (C=O) groups is 1. The fourth-order valence-corrected chi connectivity index (χ4v) is 2.28. The van der Waals surface area contributed by atoms with Crippen LogP contribution in [0.4, 0.5) is 0 Å². The van der Waals surface area contributed by atoms with Crippen molar-refractivity contribution in [2.45, 2.75) is 52.9 Å². The van der Waals surface area contributed by atoms with E-state index in [9.17, 15) is 4.79 Å². The standard InChI is InChI=1S/C14H27N5O2/c1-11(2)19(12(3)4)14(20)10-18-9-13(16-17-18)8-15-6-7-21-5/h9,11-12,15H,6-8,10H2,1-5H3. The molecule has 0 aliphatic heterocycles. The average Bonchev–Trinajstić information content (AvgIpc) is 2.81. The van der Waals surface area contributed by atoms with Gasteiger partial charge in [0.25, 0.3) is 0 Å². The highest BCUT2D eigenvalue weighted by atomic mass is 16.5. The minimum atomic E-state index is 0.0591. The molecule has 1 aromatic rings. The predicted octanol–water partition coefficient (Wildman–Crippen LogP) is 0.660. The zero-order chi connectivity index (χ0) is 15.8. The molecule has 21 heavy (non-hydrogen) atoms. The molecule has 0 aliphatic rings. The maximum Gasteiger partial charge on any atom is 0.244 e. The lowest BCUT2D eigenvalue weighted by Gasteiger charge is -2.30. The van der Waals surface area contributed by atoms with Gasteiger partial charge in [0, 0.05) is 32.3 Å². The molecule has 0 fully saturated rings. The van der Waals surface area contributed by atoms with Gasteiger partial charge in [-0.1, -0.05) is 5.21 Å². The number of nitrogens with zero attached hydrogens (tertiary/aromatic N) is 4. The zero-order valence-corrected chi connectivity index (χ0v) is 13.7. The minimum Gasteiger partial charge on any atom is -0.383 e. The van der Waals surface area contributed by atoms with Crippen LogP contribution in [0, 0.1) is 0 Å². The van der Waals surface area contributed by atoms with Crippen LogP contribution in [0.1, 0.15) is 33.4 Å². The molecule has 120 valence electrons. The minimum absolute atomic E-state index is 0.0591. The molecule has 0 unspecified atom stereocenters. The number of methoxy groups -OCH3 is 1. The van der Waals surface area contributed by atoms with Crippen LogP contribution < -0.4 is 5.32 Å². The number of hydrogen-bond acceptors (Lipinski definition) is 5. The van der Waals surface area contributed by atoms with Gasteiger partial charge in [-0.3, -0.25) is 4.79 Å². The van der Waals surface area contributed by atoms with Crippen molar-refractivity contribution in [3.63, 3.8) is 0 Å². The summed E-state index contributed by atoms with van der Waals surface area (Å²) in [4.78, 5) is 14.2. The van der Waals surface area contributed by atoms with Crippen LogP contribution in [-0.4, -0.2) is 58.1 Å². The van der Waals surface area contributed by atoms with Gasteiger partial charge in [-0.25, -0.2) is 4.68 Å². The third-order valence-electron chi connectivity index (χ3n) is 3.07. The molecule has 1 amide bonds. The SMILES string of the molecule is COCCNCc1cn(CC(=O)N(C(C)C)C(C)C)nn1. The number of carbonyl (C=O) groups excluding carboxylic acids is 1. The second-order valence-corrected chi connectivity index (χ2v) is 5.57. The molecule has 1 rings (SSSR count). The Morgan fingerprint density at radius 1 is 1.38 bits per heavy atom. The third-order valence-corrected chi connectivity index (χ3v) is 3.07. The van der Waals surface area contributed by atoms with Gasteiger partial charge in [0.05, 0.1) is 18.5 Å². The Hall–Kier alpha value is -1.47. The summed E-state index contributed by atoms with van der Waals surface area (Å²) in [7, 11) is 1.67. The van der Waals surface area contributed by atoms with Crippen LogP contribution in [0.3, 0.4) is 0 Å². The van der Waals surface area contributed by atoms with Crippen molar-refractivity contribution in [3.05, 3.63) is 11.9 Å². The molecule has 0 saturated heterocycles. The van der Waals surface area contributed by atoms with Crippen LogP contribution >= 0.6 is 0 Å². The van der Waals surface area contributed by atoms with E-state index in [0.717, 1.165) is 12.2 Å². The van der Waals surface area contributed by atoms with Crippen molar-refractivity contribution in [1.29, 1.82) is 0 Å². The first-order chi connectivity index (χ1) is 9.95. The molecule has 1 heterocycles. The second-order valence-electron chi connectivity index (χ2n) is 5.57. The van der Waals surface area contributed by atoms with E-state index in [2.05, 4.69) is 15.6 Å². The summed E-state index contributed by atoms with van der Waals surface area (Å²) in [6, 6.07) is 0.354. The summed E-state index contributed by atoms with van der Waals surface area (Å²) in [5.74, 6) is 0.0591. The van der Waals surface area contributed by atoms with Crippen molar-refractivity contribution in [1.82, 2.24) is 25.2 Å². The average molecular weight is 297 g/mol. The first-order valence-electron chi connectivity index (χ1n) is 7.35. The smallest absolute Gasteiger partial charge is 0.244 e. The normalized spacial score (nSPS) is 11.4. The highest BCUT2D eigenvalue weighted by Crippen LogP contribution is 2.06. The van der Waals surface area contributed by atoms with Crippen molar-refractivity contribution in [3.8, 4) is 0 Å². The molecule has 0 radical (unpaired) electrons. The Morgan fingerprint density at radius 3 is 2.62 bits per heavy atom. The van der Waals surface area contributed by atoms with Crippen molar-refractivity contribution < 1.29 is 9.53 Å². The molecule has 0 bridgehead atoms. The molecule has 7 nitrogen and oxygen atoms in total. The molecule has 1 aromatic heterocycles. The topological polar surface area (TPSA) is 72.3 Å². The molecule has 0 saturated carbocycles. The van der Waals surface area contributed by atoms with E-state index in [-0.39, 0.29) is 24.5 Å². The fraction of sp³-hybridized carbons (Fsp3) is 0.786. The second kappa shape index (κ2) is 8.74. The van der Waals surface area contributed by atoms with Crippen LogP contribution in [0.15, 0.2) is 6.20 Å². The lowest BCUT2D eigenvalue weighted by atomic mass is 10.2. The van der Waals surface area contributed by atoms with Gasteiger partial charge in [0.15, 0.2) is 0 Å². The summed E-state index contributed by atoms with van der Waals surface area (Å²) in [6.07, 6.45) is 1.80. The van der Waals surface area contributed by atoms with Crippen LogP contribution in [-0.2, 0) is 22.6 Å². The van der Waals surface area contributed by atoms with E-state index in [1.807, 2.05) is 32.6 Å². The molecule has 7 heteroatoms. The number of rotatable bonds is 9. The number of aromatic nitrogens is 3. The van der Waals surface area contributed by atoms with Gasteiger partial charge in [0.2, 0.25) is 5.91 Å². The molecule has 0 spiro atoms. The monoisotopic (exact) mass is 297 g/mol. The maximum atomic E-state index is 12.3. The summed E-state index contributed by atoms with van der Waals surface area (Å²) in [5.41, 5.74) is 0.819. The fourth-order valence-electron chi connectivity index (χ4n) is 2.28. The first-order valence-corrected chi connectivity index (χ1v) is 7.35. The Bertz CT molecular complexity index is 423. The maximum absolute atomic E-state index is 12.3. The van der Waals surface area contributed by atoms with Gasteiger partial charge < -0.3 is 15.0 Å². The number of amides is 1. The number of nitrogens with one attached hydrogen (secondary N) is 1. The highest BCUT2D eigenvalue weighted by molar-refractivity contribution is 5.76. The molecule has 0 aromatic carbocycles. The van der Waals surface area contributed by atoms with Crippen molar-refractivity contribution in [2.24, 2.45) is 0 Å². The lowest BCUT2D eigenvalue weighted by Crippen LogP contribution is -2.43. The summed E-state index contributed by atoms with van der Waals surface area (Å²) >= 11 is 0. The van der Waals surface area contributed by atoms with E-state index in [1.165, 1.54) is 0 Å². The van der Waals surface area contributed by atoms with Gasteiger partial charge in [-0.2, -0.15) is 0 Å². The van der Waals surface area contributed by atoms with Crippen molar-refractivity contribution >= 4 is 5.91 Å². The third kappa shape index (κ3) is 5.81. The van der Waals surface area contributed by atoms with Crippen LogP contribution in [0.25, 0.3) is 0 Å². The molecular weight excluding hydrogens is 270 g/mol. The van der Waals surface area contributed by atoms with E-state index < -0.39 is 0 Å². The van der Waals surface area contributed by atoms with Crippen molar-refractivity contribution in [2.75, 3.05) is 20.3 Å². The van der Waals surface area contributed by atoms with Crippen LogP contribution in [0.5, 0.6) is 0 Å². The van der Waals surface area contributed by atoms with Gasteiger partial charge in [-0.05, 0) is 27.7 Å². The number of hydrogen-bond donors (Lipinski definition) is 1. The summed E-state index contributed by atoms with van der Waals surface area (Å²) in [6.45, 7) is 10.3. The lowest BCUT2D eigenvalue weighted by molar-refractivity contribution is -0.135. The molecule has 0 atom stereocenters. The Morgan fingerprint density at radius 2 is 2.05 bits per heavy atom. The van der Waals surface area contributed by atoms with E-state index in [1.54, 1.807) is 18.0 Å². The van der Waals surface area contributed by atoms with E-state index >= 15 is 0 Å². The van der Waals surface area contributed by atoms with Gasteiger partial charge in [-0.15, -0.1) is 5.10 Å². The largest absolute Gasteiger partial charge is 0.383 e. The zero-order valence-electron chi connectivity index (χ0n) is 13.7. The molecule has 0 aliphatic carbocycles. The first kappa shape index (κ1) is 17.6. The predicted molar refractivity (Wildman–Crippen MR) is 80.7 cm³/mol. The Balaban J connectivity index is 2.51. The Labute approximate surface area is 126 Å². The summed E-state index contributed by atoms with van der Waals surface area (Å²) in [5, 5.41) is 11.3. The summed E-state index contributed by atoms with van der Waals surface area (Å²) < 4.78 is 6.55. The molecular formula is C14H27N5O2. The van der Waals surface area contributed by atoms with E-state index in [0.29, 0.717) is 13.2 Å². The number of ether oxygens (including phenoxy) is 1. The van der Waals surface area contributed by atoms with Crippen LogP contribution in [0.2, 0.25) is 0 Å². The highest BCUT2D eigenvalue weighted by Gasteiger charge is 2.20. The van der Waals surface area contributed by atoms with Gasteiger partial charge >= 0.3 is 0 Å². The Kier molecular flexibility index (Phi) is 7.31. The molecule has 1 N–H and O–H groups in total.